The highest BCUT2D eigenvalue weighted by Gasteiger charge is 2.29. The SMILES string of the molecule is COc1cccc(F)c1-c1nccc(C(=O)Nc2ccc3c(cnn3C)c2N(C)C2CCN([C@@H](C)C(C)C)CC2)n1. The van der Waals surface area contributed by atoms with Crippen molar-refractivity contribution < 1.29 is 13.9 Å². The number of nitrogens with zero attached hydrogens (tertiary/aromatic N) is 6. The van der Waals surface area contributed by atoms with E-state index in [9.17, 15) is 9.18 Å². The summed E-state index contributed by atoms with van der Waals surface area (Å²) in [5.41, 5.74) is 2.80. The van der Waals surface area contributed by atoms with E-state index in [4.69, 9.17) is 4.74 Å². The van der Waals surface area contributed by atoms with Gasteiger partial charge in [-0.05, 0) is 56.0 Å². The number of anilines is 2. The number of piperidine rings is 1. The second-order valence-corrected chi connectivity index (χ2v) is 11.1. The summed E-state index contributed by atoms with van der Waals surface area (Å²) in [6.45, 7) is 8.91. The molecule has 10 heteroatoms. The lowest BCUT2D eigenvalue weighted by atomic mass is 9.97. The number of carbonyl (C=O) groups is 1. The van der Waals surface area contributed by atoms with Crippen molar-refractivity contribution in [2.75, 3.05) is 37.5 Å². The molecule has 9 nitrogen and oxygen atoms in total. The molecule has 1 N–H and O–H groups in total. The first-order chi connectivity index (χ1) is 19.7. The van der Waals surface area contributed by atoms with Crippen molar-refractivity contribution in [2.24, 2.45) is 13.0 Å². The first-order valence-electron chi connectivity index (χ1n) is 14.1. The molecule has 1 saturated heterocycles. The third kappa shape index (κ3) is 5.61. The molecule has 41 heavy (non-hydrogen) atoms. The number of aryl methyl sites for hydroxylation is 1. The lowest BCUT2D eigenvalue weighted by molar-refractivity contribution is 0.102. The summed E-state index contributed by atoms with van der Waals surface area (Å²) in [4.78, 5) is 27.0. The smallest absolute Gasteiger partial charge is 0.274 e. The van der Waals surface area contributed by atoms with Gasteiger partial charge in [-0.2, -0.15) is 5.10 Å². The molecule has 1 aliphatic rings. The summed E-state index contributed by atoms with van der Waals surface area (Å²) in [6, 6.07) is 10.7. The van der Waals surface area contributed by atoms with Crippen LogP contribution >= 0.6 is 0 Å². The van der Waals surface area contributed by atoms with Gasteiger partial charge < -0.3 is 19.9 Å². The van der Waals surface area contributed by atoms with Gasteiger partial charge in [0.1, 0.15) is 17.3 Å². The van der Waals surface area contributed by atoms with Crippen LogP contribution in [-0.4, -0.2) is 69.9 Å². The van der Waals surface area contributed by atoms with Crippen LogP contribution in [-0.2, 0) is 7.05 Å². The van der Waals surface area contributed by atoms with E-state index in [0.29, 0.717) is 29.4 Å². The molecule has 2 aromatic carbocycles. The molecule has 0 bridgehead atoms. The average molecular weight is 560 g/mol. The fourth-order valence-corrected chi connectivity index (χ4v) is 5.66. The molecule has 0 aliphatic carbocycles. The zero-order chi connectivity index (χ0) is 29.3. The number of ether oxygens (including phenoxy) is 1. The molecule has 5 rings (SSSR count). The standard InChI is InChI=1S/C31H38FN7O2/c1-19(2)20(3)39-16-13-21(14-17-39)37(4)29-22-18-34-38(5)26(22)11-10-24(29)36-31(40)25-12-15-33-30(35-25)28-23(32)8-7-9-27(28)41-6/h7-12,15,18-21H,13-14,16-17H2,1-6H3,(H,36,40)/t20-/m0/s1. The van der Waals surface area contributed by atoms with Gasteiger partial charge in [-0.25, -0.2) is 14.4 Å². The average Bonchev–Trinajstić information content (AvgIpc) is 3.36. The maximum absolute atomic E-state index is 14.7. The van der Waals surface area contributed by atoms with E-state index in [1.165, 1.54) is 25.4 Å². The van der Waals surface area contributed by atoms with E-state index in [0.717, 1.165) is 42.5 Å². The quantitative estimate of drug-likeness (QED) is 0.310. The van der Waals surface area contributed by atoms with Gasteiger partial charge in [0, 0.05) is 50.9 Å². The molecule has 1 atom stereocenters. The van der Waals surface area contributed by atoms with Crippen molar-refractivity contribution in [3.05, 3.63) is 60.3 Å². The molecule has 0 spiro atoms. The van der Waals surface area contributed by atoms with E-state index >= 15 is 0 Å². The predicted molar refractivity (Wildman–Crippen MR) is 160 cm³/mol. The molecule has 0 unspecified atom stereocenters. The van der Waals surface area contributed by atoms with Crippen LogP contribution in [0.4, 0.5) is 15.8 Å². The Bertz CT molecular complexity index is 1550. The summed E-state index contributed by atoms with van der Waals surface area (Å²) >= 11 is 0. The van der Waals surface area contributed by atoms with Crippen LogP contribution in [0.15, 0.2) is 48.8 Å². The third-order valence-electron chi connectivity index (χ3n) is 8.40. The van der Waals surface area contributed by atoms with Crippen LogP contribution in [0.1, 0.15) is 44.1 Å². The molecule has 3 heterocycles. The third-order valence-corrected chi connectivity index (χ3v) is 8.40. The Morgan fingerprint density at radius 1 is 1.15 bits per heavy atom. The summed E-state index contributed by atoms with van der Waals surface area (Å²) in [7, 11) is 5.46. The van der Waals surface area contributed by atoms with Gasteiger partial charge in [-0.15, -0.1) is 0 Å². The molecular weight excluding hydrogens is 521 g/mol. The van der Waals surface area contributed by atoms with Crippen LogP contribution < -0.4 is 15.0 Å². The Morgan fingerprint density at radius 3 is 2.61 bits per heavy atom. The lowest BCUT2D eigenvalue weighted by Crippen LogP contribution is -2.48. The van der Waals surface area contributed by atoms with Crippen molar-refractivity contribution in [2.45, 2.75) is 45.7 Å². The normalized spacial score (nSPS) is 15.3. The largest absolute Gasteiger partial charge is 0.496 e. The van der Waals surface area contributed by atoms with Crippen LogP contribution in [0.5, 0.6) is 5.75 Å². The molecule has 1 fully saturated rings. The van der Waals surface area contributed by atoms with Crippen LogP contribution in [0.2, 0.25) is 0 Å². The summed E-state index contributed by atoms with van der Waals surface area (Å²) in [5, 5.41) is 8.52. The summed E-state index contributed by atoms with van der Waals surface area (Å²) < 4.78 is 21.9. The number of likely N-dealkylation sites (tertiary alicyclic amines) is 1. The fraction of sp³-hybridized carbons (Fsp3) is 0.419. The van der Waals surface area contributed by atoms with Gasteiger partial charge in [0.05, 0.1) is 35.8 Å². The molecule has 216 valence electrons. The van der Waals surface area contributed by atoms with Gasteiger partial charge in [0.15, 0.2) is 5.82 Å². The Balaban J connectivity index is 1.44. The minimum atomic E-state index is -0.526. The lowest BCUT2D eigenvalue weighted by Gasteiger charge is -2.41. The number of aromatic nitrogens is 4. The van der Waals surface area contributed by atoms with Crippen LogP contribution in [0.25, 0.3) is 22.3 Å². The Morgan fingerprint density at radius 2 is 1.90 bits per heavy atom. The first-order valence-corrected chi connectivity index (χ1v) is 14.1. The molecule has 0 saturated carbocycles. The van der Waals surface area contributed by atoms with Crippen molar-refractivity contribution in [1.82, 2.24) is 24.6 Å². The number of fused-ring (bicyclic) bond motifs is 1. The highest BCUT2D eigenvalue weighted by Crippen LogP contribution is 2.37. The zero-order valence-electron chi connectivity index (χ0n) is 24.6. The van der Waals surface area contributed by atoms with Crippen molar-refractivity contribution >= 4 is 28.2 Å². The van der Waals surface area contributed by atoms with Crippen molar-refractivity contribution in [3.8, 4) is 17.1 Å². The van der Waals surface area contributed by atoms with Gasteiger partial charge in [0.25, 0.3) is 5.91 Å². The van der Waals surface area contributed by atoms with E-state index < -0.39 is 11.7 Å². The minimum Gasteiger partial charge on any atom is -0.496 e. The highest BCUT2D eigenvalue weighted by atomic mass is 19.1. The zero-order valence-corrected chi connectivity index (χ0v) is 24.6. The number of carbonyl (C=O) groups excluding carboxylic acids is 1. The molecule has 2 aromatic heterocycles. The van der Waals surface area contributed by atoms with E-state index in [1.807, 2.05) is 30.1 Å². The van der Waals surface area contributed by atoms with Crippen LogP contribution in [0, 0.1) is 11.7 Å². The first kappa shape index (κ1) is 28.5. The van der Waals surface area contributed by atoms with E-state index in [-0.39, 0.29) is 17.1 Å². The number of hydrogen-bond acceptors (Lipinski definition) is 7. The number of amides is 1. The molecule has 4 aromatic rings. The predicted octanol–water partition coefficient (Wildman–Crippen LogP) is 5.38. The topological polar surface area (TPSA) is 88.4 Å². The number of halogens is 1. The number of rotatable bonds is 8. The Kier molecular flexibility index (Phi) is 8.21. The van der Waals surface area contributed by atoms with Gasteiger partial charge >= 0.3 is 0 Å². The van der Waals surface area contributed by atoms with Crippen molar-refractivity contribution in [3.63, 3.8) is 0 Å². The summed E-state index contributed by atoms with van der Waals surface area (Å²) in [6.07, 6.45) is 5.35. The minimum absolute atomic E-state index is 0.0787. The highest BCUT2D eigenvalue weighted by molar-refractivity contribution is 6.09. The Labute approximate surface area is 240 Å². The number of hydrogen-bond donors (Lipinski definition) is 1. The Hall–Kier alpha value is -4.05. The number of methoxy groups -OCH3 is 1. The van der Waals surface area contributed by atoms with E-state index in [1.54, 1.807) is 12.1 Å². The van der Waals surface area contributed by atoms with E-state index in [2.05, 4.69) is 58.0 Å². The van der Waals surface area contributed by atoms with Gasteiger partial charge in [-0.3, -0.25) is 9.48 Å². The molecule has 1 aliphatic heterocycles. The fourth-order valence-electron chi connectivity index (χ4n) is 5.66. The second-order valence-electron chi connectivity index (χ2n) is 11.1. The number of nitrogens with one attached hydrogen (secondary N) is 1. The second kappa shape index (κ2) is 11.8. The maximum atomic E-state index is 14.7. The monoisotopic (exact) mass is 559 g/mol. The van der Waals surface area contributed by atoms with Gasteiger partial charge in [0.2, 0.25) is 0 Å². The van der Waals surface area contributed by atoms with Gasteiger partial charge in [-0.1, -0.05) is 19.9 Å². The summed E-state index contributed by atoms with van der Waals surface area (Å²) in [5.74, 6) is 0.0403. The number of benzene rings is 2. The molecule has 1 amide bonds. The van der Waals surface area contributed by atoms with Crippen LogP contribution in [0.3, 0.4) is 0 Å². The molecular formula is C31H38FN7O2. The maximum Gasteiger partial charge on any atom is 0.274 e. The van der Waals surface area contributed by atoms with Crippen molar-refractivity contribution in [1.29, 1.82) is 0 Å². The molecule has 0 radical (unpaired) electrons.